The third kappa shape index (κ3) is 5.20. The summed E-state index contributed by atoms with van der Waals surface area (Å²) < 4.78 is 0. The van der Waals surface area contributed by atoms with Gasteiger partial charge in [0.1, 0.15) is 0 Å². The molecule has 5 heteroatoms. The third-order valence-corrected chi connectivity index (χ3v) is 5.27. The topological polar surface area (TPSA) is 61.4 Å². The van der Waals surface area contributed by atoms with Crippen LogP contribution >= 0.6 is 0 Å². The molecule has 0 aliphatic carbocycles. The van der Waals surface area contributed by atoms with Crippen molar-refractivity contribution < 1.29 is 9.59 Å². The van der Waals surface area contributed by atoms with E-state index < -0.39 is 0 Å². The summed E-state index contributed by atoms with van der Waals surface area (Å²) in [6.45, 7) is 8.51. The van der Waals surface area contributed by atoms with Gasteiger partial charge in [0.25, 0.3) is 5.91 Å². The Morgan fingerprint density at radius 3 is 2.43 bits per heavy atom. The van der Waals surface area contributed by atoms with Gasteiger partial charge in [-0.15, -0.1) is 0 Å². The highest BCUT2D eigenvalue weighted by atomic mass is 16.2. The van der Waals surface area contributed by atoms with Crippen molar-refractivity contribution in [2.24, 2.45) is 0 Å². The van der Waals surface area contributed by atoms with E-state index in [9.17, 15) is 9.59 Å². The fourth-order valence-electron chi connectivity index (χ4n) is 3.72. The molecule has 2 aromatic carbocycles. The van der Waals surface area contributed by atoms with Crippen LogP contribution in [0.1, 0.15) is 39.5 Å². The zero-order valence-corrected chi connectivity index (χ0v) is 16.9. The SMILES string of the molecule is Cc1cc(C)cc(C(=O)NCC(=O)NCC(C)N2CCc3ccccc3C2)c1. The van der Waals surface area contributed by atoms with Crippen LogP contribution < -0.4 is 10.6 Å². The number of fused-ring (bicyclic) bond motifs is 1. The van der Waals surface area contributed by atoms with E-state index in [0.717, 1.165) is 30.6 Å². The molecular formula is C23H29N3O2. The maximum absolute atomic E-state index is 12.3. The van der Waals surface area contributed by atoms with Gasteiger partial charge in [0.05, 0.1) is 6.54 Å². The molecule has 1 aliphatic heterocycles. The Morgan fingerprint density at radius 2 is 1.71 bits per heavy atom. The van der Waals surface area contributed by atoms with Gasteiger partial charge in [-0.3, -0.25) is 14.5 Å². The summed E-state index contributed by atoms with van der Waals surface area (Å²) in [6, 6.07) is 14.5. The Balaban J connectivity index is 1.43. The zero-order chi connectivity index (χ0) is 20.1. The van der Waals surface area contributed by atoms with Gasteiger partial charge in [0, 0.05) is 31.2 Å². The predicted octanol–water partition coefficient (Wildman–Crippen LogP) is 2.60. The number of amides is 2. The van der Waals surface area contributed by atoms with E-state index in [2.05, 4.69) is 46.7 Å². The molecule has 0 saturated carbocycles. The number of carbonyl (C=O) groups excluding carboxylic acids is 2. The second-order valence-electron chi connectivity index (χ2n) is 7.70. The molecule has 1 atom stereocenters. The molecule has 0 saturated heterocycles. The van der Waals surface area contributed by atoms with Crippen molar-refractivity contribution in [2.75, 3.05) is 19.6 Å². The van der Waals surface area contributed by atoms with E-state index in [0.29, 0.717) is 12.1 Å². The summed E-state index contributed by atoms with van der Waals surface area (Å²) in [5.41, 5.74) is 5.44. The molecule has 0 aromatic heterocycles. The lowest BCUT2D eigenvalue weighted by Crippen LogP contribution is -2.46. The van der Waals surface area contributed by atoms with Crippen molar-refractivity contribution in [3.8, 4) is 0 Å². The minimum atomic E-state index is -0.220. The van der Waals surface area contributed by atoms with Crippen LogP contribution in [0.25, 0.3) is 0 Å². The lowest BCUT2D eigenvalue weighted by atomic mass is 9.99. The first-order valence-electron chi connectivity index (χ1n) is 9.86. The number of nitrogens with one attached hydrogen (secondary N) is 2. The largest absolute Gasteiger partial charge is 0.353 e. The van der Waals surface area contributed by atoms with Crippen LogP contribution in [-0.2, 0) is 17.8 Å². The quantitative estimate of drug-likeness (QED) is 0.811. The van der Waals surface area contributed by atoms with Gasteiger partial charge in [-0.1, -0.05) is 41.5 Å². The number of benzene rings is 2. The van der Waals surface area contributed by atoms with Crippen LogP contribution in [0, 0.1) is 13.8 Å². The number of hydrogen-bond acceptors (Lipinski definition) is 3. The first-order valence-corrected chi connectivity index (χ1v) is 9.86. The summed E-state index contributed by atoms with van der Waals surface area (Å²) >= 11 is 0. The maximum Gasteiger partial charge on any atom is 0.251 e. The molecule has 2 aromatic rings. The summed E-state index contributed by atoms with van der Waals surface area (Å²) in [5, 5.41) is 5.64. The molecule has 148 valence electrons. The fraction of sp³-hybridized carbons (Fsp3) is 0.391. The fourth-order valence-corrected chi connectivity index (χ4v) is 3.72. The Labute approximate surface area is 167 Å². The number of rotatable bonds is 6. The highest BCUT2D eigenvalue weighted by Crippen LogP contribution is 2.19. The summed E-state index contributed by atoms with van der Waals surface area (Å²) in [5.74, 6) is -0.385. The molecule has 0 bridgehead atoms. The number of carbonyl (C=O) groups is 2. The molecule has 5 nitrogen and oxygen atoms in total. The van der Waals surface area contributed by atoms with Crippen molar-refractivity contribution in [1.29, 1.82) is 0 Å². The van der Waals surface area contributed by atoms with E-state index in [1.54, 1.807) is 0 Å². The average molecular weight is 380 g/mol. The molecule has 2 amide bonds. The van der Waals surface area contributed by atoms with Crippen LogP contribution in [0.3, 0.4) is 0 Å². The maximum atomic E-state index is 12.3. The minimum Gasteiger partial charge on any atom is -0.353 e. The number of aryl methyl sites for hydroxylation is 2. The molecule has 0 spiro atoms. The van der Waals surface area contributed by atoms with Crippen molar-refractivity contribution >= 4 is 11.8 Å². The van der Waals surface area contributed by atoms with Crippen LogP contribution in [0.4, 0.5) is 0 Å². The van der Waals surface area contributed by atoms with Crippen molar-refractivity contribution in [3.05, 3.63) is 70.3 Å². The highest BCUT2D eigenvalue weighted by Gasteiger charge is 2.20. The number of hydrogen-bond donors (Lipinski definition) is 2. The van der Waals surface area contributed by atoms with Gasteiger partial charge in [-0.05, 0) is 50.5 Å². The summed E-state index contributed by atoms with van der Waals surface area (Å²) in [7, 11) is 0. The third-order valence-electron chi connectivity index (χ3n) is 5.27. The molecule has 2 N–H and O–H groups in total. The molecule has 28 heavy (non-hydrogen) atoms. The molecule has 3 rings (SSSR count). The number of nitrogens with zero attached hydrogens (tertiary/aromatic N) is 1. The van der Waals surface area contributed by atoms with Crippen LogP contribution in [0.5, 0.6) is 0 Å². The van der Waals surface area contributed by atoms with Crippen LogP contribution in [-0.4, -0.2) is 42.4 Å². The molecule has 1 unspecified atom stereocenters. The molecule has 0 radical (unpaired) electrons. The first kappa shape index (κ1) is 20.1. The first-order chi connectivity index (χ1) is 13.4. The Hall–Kier alpha value is -2.66. The van der Waals surface area contributed by atoms with Gasteiger partial charge >= 0.3 is 0 Å². The van der Waals surface area contributed by atoms with E-state index in [1.165, 1.54) is 11.1 Å². The Kier molecular flexibility index (Phi) is 6.47. The van der Waals surface area contributed by atoms with Crippen molar-refractivity contribution in [1.82, 2.24) is 15.5 Å². The van der Waals surface area contributed by atoms with E-state index >= 15 is 0 Å². The second-order valence-corrected chi connectivity index (χ2v) is 7.70. The minimum absolute atomic E-state index is 0.0125. The lowest BCUT2D eigenvalue weighted by Gasteiger charge is -2.33. The molecule has 1 aliphatic rings. The predicted molar refractivity (Wildman–Crippen MR) is 111 cm³/mol. The van der Waals surface area contributed by atoms with Crippen LogP contribution in [0.15, 0.2) is 42.5 Å². The van der Waals surface area contributed by atoms with Crippen molar-refractivity contribution in [3.63, 3.8) is 0 Å². The second kappa shape index (κ2) is 9.02. The van der Waals surface area contributed by atoms with Gasteiger partial charge in [-0.25, -0.2) is 0 Å². The summed E-state index contributed by atoms with van der Waals surface area (Å²) in [4.78, 5) is 26.8. The summed E-state index contributed by atoms with van der Waals surface area (Å²) in [6.07, 6.45) is 1.04. The smallest absolute Gasteiger partial charge is 0.251 e. The van der Waals surface area contributed by atoms with E-state index in [1.807, 2.05) is 32.0 Å². The molecular weight excluding hydrogens is 350 g/mol. The lowest BCUT2D eigenvalue weighted by molar-refractivity contribution is -0.120. The van der Waals surface area contributed by atoms with Gasteiger partial charge in [0.15, 0.2) is 0 Å². The van der Waals surface area contributed by atoms with Gasteiger partial charge in [0.2, 0.25) is 5.91 Å². The molecule has 1 heterocycles. The zero-order valence-electron chi connectivity index (χ0n) is 16.9. The Bertz CT molecular complexity index is 842. The molecule has 0 fully saturated rings. The standard InChI is InChI=1S/C23H29N3O2/c1-16-10-17(2)12-21(11-16)23(28)25-14-22(27)24-13-18(3)26-9-8-19-6-4-5-7-20(19)15-26/h4-7,10-12,18H,8-9,13-15H2,1-3H3,(H,24,27)(H,25,28). The van der Waals surface area contributed by atoms with Gasteiger partial charge < -0.3 is 10.6 Å². The Morgan fingerprint density at radius 1 is 1.04 bits per heavy atom. The highest BCUT2D eigenvalue weighted by molar-refractivity contribution is 5.96. The van der Waals surface area contributed by atoms with E-state index in [-0.39, 0.29) is 24.4 Å². The van der Waals surface area contributed by atoms with Gasteiger partial charge in [-0.2, -0.15) is 0 Å². The van der Waals surface area contributed by atoms with Crippen molar-refractivity contribution in [2.45, 2.75) is 39.8 Å². The monoisotopic (exact) mass is 379 g/mol. The van der Waals surface area contributed by atoms with E-state index in [4.69, 9.17) is 0 Å². The normalized spacial score (nSPS) is 14.8. The van der Waals surface area contributed by atoms with Crippen LogP contribution in [0.2, 0.25) is 0 Å². The average Bonchev–Trinajstić information content (AvgIpc) is 2.69.